The van der Waals surface area contributed by atoms with Crippen molar-refractivity contribution in [2.45, 2.75) is 39.1 Å². The van der Waals surface area contributed by atoms with Gasteiger partial charge in [-0.15, -0.1) is 11.8 Å². The summed E-state index contributed by atoms with van der Waals surface area (Å²) in [7, 11) is 0. The topological polar surface area (TPSA) is 49.4 Å². The number of halogens is 1. The maximum absolute atomic E-state index is 13.0. The first-order valence-corrected chi connectivity index (χ1v) is 10.5. The average molecular weight is 403 g/mol. The first kappa shape index (κ1) is 22.0. The van der Waals surface area contributed by atoms with Crippen LogP contribution in [0.3, 0.4) is 0 Å². The molecule has 0 fully saturated rings. The van der Waals surface area contributed by atoms with Crippen molar-refractivity contribution < 1.29 is 14.0 Å². The second-order valence-corrected chi connectivity index (χ2v) is 7.68. The van der Waals surface area contributed by atoms with Crippen LogP contribution < -0.4 is 5.32 Å². The van der Waals surface area contributed by atoms with Crippen LogP contribution in [0.5, 0.6) is 0 Å². The second kappa shape index (κ2) is 10.9. The Hall–Kier alpha value is -2.34. The van der Waals surface area contributed by atoms with Gasteiger partial charge in [-0.1, -0.05) is 42.0 Å². The third-order valence-corrected chi connectivity index (χ3v) is 5.39. The number of likely N-dealkylation sites (N-methyl/N-ethyl adjacent to an activating group) is 1. The van der Waals surface area contributed by atoms with Gasteiger partial charge in [-0.2, -0.15) is 0 Å². The van der Waals surface area contributed by atoms with Crippen molar-refractivity contribution in [3.05, 3.63) is 71.0 Å². The first-order chi connectivity index (χ1) is 13.4. The van der Waals surface area contributed by atoms with E-state index in [-0.39, 0.29) is 23.4 Å². The monoisotopic (exact) mass is 402 g/mol. The third kappa shape index (κ3) is 6.68. The smallest absolute Gasteiger partial charge is 0.242 e. The fraction of sp³-hybridized carbons (Fsp3) is 0.364. The average Bonchev–Trinajstić information content (AvgIpc) is 2.68. The number of aryl methyl sites for hydroxylation is 1. The highest BCUT2D eigenvalue weighted by molar-refractivity contribution is 7.99. The van der Waals surface area contributed by atoms with Gasteiger partial charge >= 0.3 is 0 Å². The molecule has 2 amide bonds. The summed E-state index contributed by atoms with van der Waals surface area (Å²) in [5.41, 5.74) is 3.09. The van der Waals surface area contributed by atoms with Gasteiger partial charge in [-0.25, -0.2) is 4.39 Å². The predicted octanol–water partition coefficient (Wildman–Crippen LogP) is 3.92. The minimum Gasteiger partial charge on any atom is -0.355 e. The summed E-state index contributed by atoms with van der Waals surface area (Å²) in [5.74, 6) is 0.343. The Labute approximate surface area is 170 Å². The third-order valence-electron chi connectivity index (χ3n) is 4.40. The number of rotatable bonds is 9. The van der Waals surface area contributed by atoms with Gasteiger partial charge in [0, 0.05) is 18.8 Å². The van der Waals surface area contributed by atoms with Crippen LogP contribution in [0.15, 0.2) is 48.5 Å². The van der Waals surface area contributed by atoms with Gasteiger partial charge in [0.1, 0.15) is 11.9 Å². The lowest BCUT2D eigenvalue weighted by Gasteiger charge is -2.28. The molecule has 1 N–H and O–H groups in total. The number of carbonyl (C=O) groups is 2. The van der Waals surface area contributed by atoms with Crippen molar-refractivity contribution in [2.75, 3.05) is 12.3 Å². The molecule has 0 bridgehead atoms. The van der Waals surface area contributed by atoms with Crippen LogP contribution in [0, 0.1) is 12.7 Å². The molecule has 28 heavy (non-hydrogen) atoms. The summed E-state index contributed by atoms with van der Waals surface area (Å²) >= 11 is 1.46. The van der Waals surface area contributed by atoms with Crippen molar-refractivity contribution >= 4 is 23.6 Å². The Morgan fingerprint density at radius 3 is 2.29 bits per heavy atom. The highest BCUT2D eigenvalue weighted by atomic mass is 32.2. The molecule has 2 aromatic carbocycles. The van der Waals surface area contributed by atoms with Gasteiger partial charge in [0.15, 0.2) is 0 Å². The molecule has 0 radical (unpaired) electrons. The maximum atomic E-state index is 13.0. The van der Waals surface area contributed by atoms with Crippen LogP contribution in [-0.2, 0) is 21.9 Å². The molecular weight excluding hydrogens is 375 g/mol. The molecule has 0 heterocycles. The highest BCUT2D eigenvalue weighted by Crippen LogP contribution is 2.16. The first-order valence-electron chi connectivity index (χ1n) is 9.35. The normalized spacial score (nSPS) is 11.7. The lowest BCUT2D eigenvalue weighted by molar-refractivity contribution is -0.138. The number of hydrogen-bond acceptors (Lipinski definition) is 3. The molecule has 150 valence electrons. The summed E-state index contributed by atoms with van der Waals surface area (Å²) in [6.07, 6.45) is 0. The van der Waals surface area contributed by atoms with E-state index in [1.54, 1.807) is 24.0 Å². The van der Waals surface area contributed by atoms with E-state index >= 15 is 0 Å². The Bertz CT molecular complexity index is 778. The molecule has 0 aliphatic carbocycles. The molecule has 0 saturated heterocycles. The molecular formula is C22H27FN2O2S. The van der Waals surface area contributed by atoms with Gasteiger partial charge in [0.25, 0.3) is 0 Å². The van der Waals surface area contributed by atoms with Crippen molar-refractivity contribution in [1.29, 1.82) is 0 Å². The number of thioether (sulfide) groups is 1. The Morgan fingerprint density at radius 1 is 1.07 bits per heavy atom. The van der Waals surface area contributed by atoms with Crippen LogP contribution in [0.2, 0.25) is 0 Å². The van der Waals surface area contributed by atoms with Crippen LogP contribution in [0.1, 0.15) is 30.5 Å². The number of hydrogen-bond donors (Lipinski definition) is 1. The van der Waals surface area contributed by atoms with Crippen molar-refractivity contribution in [2.24, 2.45) is 0 Å². The van der Waals surface area contributed by atoms with E-state index in [4.69, 9.17) is 0 Å². The zero-order chi connectivity index (χ0) is 20.5. The van der Waals surface area contributed by atoms with Gasteiger partial charge < -0.3 is 10.2 Å². The van der Waals surface area contributed by atoms with E-state index < -0.39 is 6.04 Å². The minimum atomic E-state index is -0.555. The van der Waals surface area contributed by atoms with Gasteiger partial charge in [-0.3, -0.25) is 9.59 Å². The Kier molecular flexibility index (Phi) is 8.51. The molecule has 2 aromatic rings. The van der Waals surface area contributed by atoms with Gasteiger partial charge in [0.2, 0.25) is 11.8 Å². The maximum Gasteiger partial charge on any atom is 0.242 e. The molecule has 1 unspecified atom stereocenters. The molecule has 0 aliphatic heterocycles. The molecule has 0 aromatic heterocycles. The lowest BCUT2D eigenvalue weighted by atomic mass is 10.1. The number of carbonyl (C=O) groups excluding carboxylic acids is 2. The van der Waals surface area contributed by atoms with Crippen LogP contribution in [0.4, 0.5) is 4.39 Å². The quantitative estimate of drug-likeness (QED) is 0.692. The van der Waals surface area contributed by atoms with Crippen LogP contribution in [0.25, 0.3) is 0 Å². The molecule has 2 rings (SSSR count). The Balaban J connectivity index is 2.03. The fourth-order valence-corrected chi connectivity index (χ4v) is 3.59. The largest absolute Gasteiger partial charge is 0.355 e. The number of nitrogens with zero attached hydrogens (tertiary/aromatic N) is 1. The molecule has 0 aliphatic rings. The van der Waals surface area contributed by atoms with E-state index in [2.05, 4.69) is 5.32 Å². The number of amides is 2. The summed E-state index contributed by atoms with van der Waals surface area (Å²) in [4.78, 5) is 26.8. The standard InChI is InChI=1S/C22H27FN2O2S/c1-4-24-22(27)17(3)25(13-18-7-5-16(2)6-8-18)21(26)15-28-14-19-9-11-20(23)12-10-19/h5-12,17H,4,13-15H2,1-3H3,(H,24,27). The summed E-state index contributed by atoms with van der Waals surface area (Å²) < 4.78 is 13.0. The van der Waals surface area contributed by atoms with E-state index in [0.717, 1.165) is 16.7 Å². The predicted molar refractivity (Wildman–Crippen MR) is 112 cm³/mol. The van der Waals surface area contributed by atoms with E-state index in [1.165, 1.54) is 23.9 Å². The van der Waals surface area contributed by atoms with E-state index in [0.29, 0.717) is 18.8 Å². The molecule has 4 nitrogen and oxygen atoms in total. The summed E-state index contributed by atoms with van der Waals surface area (Å²) in [6.45, 7) is 6.52. The minimum absolute atomic E-state index is 0.0913. The summed E-state index contributed by atoms with van der Waals surface area (Å²) in [5, 5.41) is 2.79. The zero-order valence-electron chi connectivity index (χ0n) is 16.6. The van der Waals surface area contributed by atoms with Gasteiger partial charge in [-0.05, 0) is 44.0 Å². The second-order valence-electron chi connectivity index (χ2n) is 6.70. The Morgan fingerprint density at radius 2 is 1.68 bits per heavy atom. The van der Waals surface area contributed by atoms with Crippen LogP contribution >= 0.6 is 11.8 Å². The molecule has 0 saturated carbocycles. The van der Waals surface area contributed by atoms with Crippen LogP contribution in [-0.4, -0.2) is 35.1 Å². The molecule has 1 atom stereocenters. The molecule has 0 spiro atoms. The zero-order valence-corrected chi connectivity index (χ0v) is 17.4. The number of benzene rings is 2. The molecule has 6 heteroatoms. The van der Waals surface area contributed by atoms with E-state index in [1.807, 2.05) is 38.1 Å². The fourth-order valence-electron chi connectivity index (χ4n) is 2.71. The summed E-state index contributed by atoms with van der Waals surface area (Å²) in [6, 6.07) is 13.7. The lowest BCUT2D eigenvalue weighted by Crippen LogP contribution is -2.48. The SMILES string of the molecule is CCNC(=O)C(C)N(Cc1ccc(C)cc1)C(=O)CSCc1ccc(F)cc1. The highest BCUT2D eigenvalue weighted by Gasteiger charge is 2.25. The van der Waals surface area contributed by atoms with Crippen molar-refractivity contribution in [3.8, 4) is 0 Å². The van der Waals surface area contributed by atoms with Gasteiger partial charge in [0.05, 0.1) is 5.75 Å². The number of nitrogens with one attached hydrogen (secondary N) is 1. The van der Waals surface area contributed by atoms with E-state index in [9.17, 15) is 14.0 Å². The van der Waals surface area contributed by atoms with Crippen molar-refractivity contribution in [1.82, 2.24) is 10.2 Å². The van der Waals surface area contributed by atoms with Crippen molar-refractivity contribution in [3.63, 3.8) is 0 Å².